The minimum absolute atomic E-state index is 0.219. The number of benzene rings is 2. The summed E-state index contributed by atoms with van der Waals surface area (Å²) in [5.74, 6) is 1.42. The topological polar surface area (TPSA) is 64.7 Å². The van der Waals surface area contributed by atoms with Gasteiger partial charge in [-0.25, -0.2) is 0 Å². The molecule has 4 nitrogen and oxygen atoms in total. The fraction of sp³-hybridized carbons (Fsp3) is 0.250. The first kappa shape index (κ1) is 13.0. The zero-order valence-electron chi connectivity index (χ0n) is 11.0. The summed E-state index contributed by atoms with van der Waals surface area (Å²) in [6.45, 7) is 0.727. The molecule has 2 atom stereocenters. The van der Waals surface area contributed by atoms with E-state index in [9.17, 15) is 5.11 Å². The van der Waals surface area contributed by atoms with Gasteiger partial charge in [0.2, 0.25) is 0 Å². The van der Waals surface area contributed by atoms with E-state index in [1.165, 1.54) is 0 Å². The summed E-state index contributed by atoms with van der Waals surface area (Å²) in [6.07, 6.45) is -0.654. The molecule has 0 aliphatic carbocycles. The van der Waals surface area contributed by atoms with Crippen LogP contribution < -0.4 is 15.2 Å². The van der Waals surface area contributed by atoms with E-state index in [4.69, 9.17) is 15.2 Å². The molecule has 104 valence electrons. The predicted octanol–water partition coefficient (Wildman–Crippen LogP) is 2.02. The van der Waals surface area contributed by atoms with Crippen molar-refractivity contribution in [2.75, 3.05) is 6.61 Å². The summed E-state index contributed by atoms with van der Waals surface area (Å²) in [7, 11) is 0. The average Bonchev–Trinajstić information content (AvgIpc) is 2.50. The van der Waals surface area contributed by atoms with Crippen LogP contribution in [0.4, 0.5) is 0 Å². The van der Waals surface area contributed by atoms with Crippen LogP contribution in [0.15, 0.2) is 48.5 Å². The Balaban J connectivity index is 1.73. The second-order valence-corrected chi connectivity index (χ2v) is 4.88. The van der Waals surface area contributed by atoms with Gasteiger partial charge >= 0.3 is 0 Å². The summed E-state index contributed by atoms with van der Waals surface area (Å²) >= 11 is 0. The number of rotatable bonds is 3. The Morgan fingerprint density at radius 2 is 2.00 bits per heavy atom. The molecule has 1 aliphatic rings. The quantitative estimate of drug-likeness (QED) is 0.896. The van der Waals surface area contributed by atoms with Crippen molar-refractivity contribution in [2.24, 2.45) is 5.73 Å². The second-order valence-electron chi connectivity index (χ2n) is 4.88. The van der Waals surface area contributed by atoms with Gasteiger partial charge in [-0.2, -0.15) is 0 Å². The zero-order valence-corrected chi connectivity index (χ0v) is 11.0. The summed E-state index contributed by atoms with van der Waals surface area (Å²) in [4.78, 5) is 0. The van der Waals surface area contributed by atoms with Crippen LogP contribution in [0.2, 0.25) is 0 Å². The summed E-state index contributed by atoms with van der Waals surface area (Å²) < 4.78 is 11.2. The molecule has 0 amide bonds. The van der Waals surface area contributed by atoms with Crippen molar-refractivity contribution in [3.8, 4) is 11.5 Å². The normalized spacial score (nSPS) is 20.9. The van der Waals surface area contributed by atoms with Crippen LogP contribution in [0.5, 0.6) is 11.5 Å². The van der Waals surface area contributed by atoms with Crippen molar-refractivity contribution in [1.82, 2.24) is 0 Å². The third kappa shape index (κ3) is 2.61. The SMILES string of the molecule is NC1c2ccc(OCc3ccccc3)cc2OCC1O. The Kier molecular flexibility index (Phi) is 3.58. The Morgan fingerprint density at radius 3 is 2.80 bits per heavy atom. The number of aliphatic hydroxyl groups is 1. The Hall–Kier alpha value is -2.04. The first-order valence-corrected chi connectivity index (χ1v) is 6.61. The number of fused-ring (bicyclic) bond motifs is 1. The molecule has 0 saturated carbocycles. The smallest absolute Gasteiger partial charge is 0.128 e. The molecule has 0 bridgehead atoms. The molecular weight excluding hydrogens is 254 g/mol. The van der Waals surface area contributed by atoms with Crippen molar-refractivity contribution in [3.05, 3.63) is 59.7 Å². The van der Waals surface area contributed by atoms with Gasteiger partial charge in [0.1, 0.15) is 30.8 Å². The molecule has 20 heavy (non-hydrogen) atoms. The maximum atomic E-state index is 9.66. The minimum Gasteiger partial charge on any atom is -0.490 e. The zero-order chi connectivity index (χ0) is 13.9. The van der Waals surface area contributed by atoms with E-state index in [1.54, 1.807) is 0 Å². The second kappa shape index (κ2) is 5.53. The van der Waals surface area contributed by atoms with Crippen LogP contribution in [0.1, 0.15) is 17.2 Å². The first-order chi connectivity index (χ1) is 9.74. The molecule has 0 spiro atoms. The molecule has 0 aromatic heterocycles. The van der Waals surface area contributed by atoms with E-state index in [-0.39, 0.29) is 6.61 Å². The van der Waals surface area contributed by atoms with Crippen molar-refractivity contribution < 1.29 is 14.6 Å². The fourth-order valence-corrected chi connectivity index (χ4v) is 2.23. The lowest BCUT2D eigenvalue weighted by atomic mass is 9.99. The molecule has 2 aromatic rings. The fourth-order valence-electron chi connectivity index (χ4n) is 2.23. The van der Waals surface area contributed by atoms with Crippen LogP contribution in [-0.4, -0.2) is 17.8 Å². The van der Waals surface area contributed by atoms with Gasteiger partial charge in [-0.05, 0) is 17.7 Å². The first-order valence-electron chi connectivity index (χ1n) is 6.61. The van der Waals surface area contributed by atoms with Gasteiger partial charge in [0.05, 0.1) is 6.04 Å². The van der Waals surface area contributed by atoms with Gasteiger partial charge in [-0.1, -0.05) is 30.3 Å². The summed E-state index contributed by atoms with van der Waals surface area (Å²) in [5.41, 5.74) is 7.86. The highest BCUT2D eigenvalue weighted by molar-refractivity contribution is 5.44. The molecule has 3 rings (SSSR count). The van der Waals surface area contributed by atoms with E-state index in [1.807, 2.05) is 48.5 Å². The van der Waals surface area contributed by atoms with Crippen LogP contribution in [-0.2, 0) is 6.61 Å². The highest BCUT2D eigenvalue weighted by Gasteiger charge is 2.26. The molecule has 0 radical (unpaired) electrons. The molecule has 1 heterocycles. The summed E-state index contributed by atoms with van der Waals surface area (Å²) in [6, 6.07) is 15.1. The van der Waals surface area contributed by atoms with E-state index < -0.39 is 12.1 Å². The maximum absolute atomic E-state index is 9.66. The van der Waals surface area contributed by atoms with Crippen molar-refractivity contribution >= 4 is 0 Å². The van der Waals surface area contributed by atoms with Gasteiger partial charge in [0.25, 0.3) is 0 Å². The molecule has 0 fully saturated rings. The highest BCUT2D eigenvalue weighted by atomic mass is 16.5. The standard InChI is InChI=1S/C16H17NO3/c17-16-13-7-6-12(8-15(13)20-10-14(16)18)19-9-11-4-2-1-3-5-11/h1-8,14,16,18H,9-10,17H2. The Morgan fingerprint density at radius 1 is 1.20 bits per heavy atom. The van der Waals surface area contributed by atoms with Crippen LogP contribution >= 0.6 is 0 Å². The number of aliphatic hydroxyl groups excluding tert-OH is 1. The molecule has 0 saturated heterocycles. The Bertz CT molecular complexity index is 586. The van der Waals surface area contributed by atoms with E-state index >= 15 is 0 Å². The lowest BCUT2D eigenvalue weighted by molar-refractivity contribution is 0.0676. The van der Waals surface area contributed by atoms with Crippen LogP contribution in [0, 0.1) is 0 Å². The maximum Gasteiger partial charge on any atom is 0.128 e. The summed E-state index contributed by atoms with van der Waals surface area (Å²) in [5, 5.41) is 9.66. The lowest BCUT2D eigenvalue weighted by Gasteiger charge is -2.27. The van der Waals surface area contributed by atoms with Crippen LogP contribution in [0.25, 0.3) is 0 Å². The van der Waals surface area contributed by atoms with Gasteiger partial charge in [-0.3, -0.25) is 0 Å². The number of hydrogen-bond acceptors (Lipinski definition) is 4. The average molecular weight is 271 g/mol. The molecule has 3 N–H and O–H groups in total. The van der Waals surface area contributed by atoms with Gasteiger partial charge in [0.15, 0.2) is 0 Å². The van der Waals surface area contributed by atoms with Crippen molar-refractivity contribution in [1.29, 1.82) is 0 Å². The van der Waals surface area contributed by atoms with E-state index in [0.29, 0.717) is 12.4 Å². The molecular formula is C16H17NO3. The number of hydrogen-bond donors (Lipinski definition) is 2. The molecule has 4 heteroatoms. The Labute approximate surface area is 117 Å². The number of nitrogens with two attached hydrogens (primary N) is 1. The van der Waals surface area contributed by atoms with Crippen molar-refractivity contribution in [2.45, 2.75) is 18.8 Å². The minimum atomic E-state index is -0.654. The molecule has 1 aliphatic heterocycles. The lowest BCUT2D eigenvalue weighted by Crippen LogP contribution is -2.35. The molecule has 2 unspecified atom stereocenters. The van der Waals surface area contributed by atoms with Gasteiger partial charge < -0.3 is 20.3 Å². The third-order valence-electron chi connectivity index (χ3n) is 3.42. The van der Waals surface area contributed by atoms with Gasteiger partial charge in [-0.15, -0.1) is 0 Å². The monoisotopic (exact) mass is 271 g/mol. The molecule has 2 aromatic carbocycles. The number of ether oxygens (including phenoxy) is 2. The van der Waals surface area contributed by atoms with Crippen molar-refractivity contribution in [3.63, 3.8) is 0 Å². The van der Waals surface area contributed by atoms with E-state index in [0.717, 1.165) is 16.9 Å². The predicted molar refractivity (Wildman–Crippen MR) is 75.6 cm³/mol. The largest absolute Gasteiger partial charge is 0.490 e. The highest BCUT2D eigenvalue weighted by Crippen LogP contribution is 2.33. The van der Waals surface area contributed by atoms with E-state index in [2.05, 4.69) is 0 Å². The van der Waals surface area contributed by atoms with Crippen LogP contribution in [0.3, 0.4) is 0 Å². The third-order valence-corrected chi connectivity index (χ3v) is 3.42. The van der Waals surface area contributed by atoms with Gasteiger partial charge in [0, 0.05) is 11.6 Å².